The van der Waals surface area contributed by atoms with Crippen molar-refractivity contribution in [2.75, 3.05) is 0 Å². The molecule has 1 aromatic rings. The van der Waals surface area contributed by atoms with Crippen LogP contribution in [-0.2, 0) is 0 Å². The number of hydrogen-bond donors (Lipinski definition) is 1. The molecule has 0 bridgehead atoms. The number of carbonyl (C=O) groups excluding carboxylic acids is 1. The molecule has 0 aliphatic carbocycles. The van der Waals surface area contributed by atoms with Crippen molar-refractivity contribution in [3.8, 4) is 0 Å². The zero-order chi connectivity index (χ0) is 10.0. The molecule has 0 saturated carbocycles. The van der Waals surface area contributed by atoms with Crippen molar-refractivity contribution in [2.24, 2.45) is 0 Å². The number of halogens is 2. The predicted molar refractivity (Wildman–Crippen MR) is 42.1 cm³/mol. The molecule has 3 nitrogen and oxygen atoms in total. The number of carbonyl (C=O) groups is 1. The Morgan fingerprint density at radius 1 is 1.54 bits per heavy atom. The highest BCUT2D eigenvalue weighted by molar-refractivity contribution is 5.74. The summed E-state index contributed by atoms with van der Waals surface area (Å²) in [5.41, 5.74) is -1.18. The van der Waals surface area contributed by atoms with Crippen LogP contribution in [0.1, 0.15) is 28.0 Å². The maximum absolute atomic E-state index is 12.3. The summed E-state index contributed by atoms with van der Waals surface area (Å²) >= 11 is 0. The lowest BCUT2D eigenvalue weighted by Gasteiger charge is -2.05. The van der Waals surface area contributed by atoms with E-state index in [0.717, 1.165) is 6.07 Å². The molecule has 0 aliphatic rings. The van der Waals surface area contributed by atoms with Gasteiger partial charge in [0.25, 0.3) is 6.43 Å². The Hall–Kier alpha value is -1.52. The van der Waals surface area contributed by atoms with Gasteiger partial charge in [0, 0.05) is 11.6 Å². The van der Waals surface area contributed by atoms with Crippen LogP contribution in [0.2, 0.25) is 0 Å². The maximum atomic E-state index is 12.3. The maximum Gasteiger partial charge on any atom is 0.266 e. The Kier molecular flexibility index (Phi) is 2.55. The average Bonchev–Trinajstić information content (AvgIpc) is 2.01. The number of hydrogen-bond acceptors (Lipinski definition) is 2. The second kappa shape index (κ2) is 3.47. The van der Waals surface area contributed by atoms with E-state index in [-0.39, 0.29) is 17.5 Å². The van der Waals surface area contributed by atoms with Gasteiger partial charge in [-0.15, -0.1) is 0 Å². The van der Waals surface area contributed by atoms with Crippen LogP contribution in [0.4, 0.5) is 8.78 Å². The van der Waals surface area contributed by atoms with E-state index in [1.807, 2.05) is 4.98 Å². The molecule has 0 aromatic carbocycles. The highest BCUT2D eigenvalue weighted by atomic mass is 19.3. The fraction of sp³-hybridized carbons (Fsp3) is 0.250. The lowest BCUT2D eigenvalue weighted by molar-refractivity contribution is 0.110. The predicted octanol–water partition coefficient (Wildman–Crippen LogP) is 1.43. The molecule has 0 aliphatic heterocycles. The van der Waals surface area contributed by atoms with Gasteiger partial charge in [0.05, 0.1) is 5.69 Å². The lowest BCUT2D eigenvalue weighted by atomic mass is 10.1. The first-order valence-corrected chi connectivity index (χ1v) is 3.53. The summed E-state index contributed by atoms with van der Waals surface area (Å²) in [6.07, 6.45) is -2.53. The number of H-pyrrole nitrogens is 1. The quantitative estimate of drug-likeness (QED) is 0.712. The first-order valence-electron chi connectivity index (χ1n) is 3.53. The molecule has 0 amide bonds. The van der Waals surface area contributed by atoms with Gasteiger partial charge in [0.15, 0.2) is 6.29 Å². The number of aromatic nitrogens is 1. The second-order valence-electron chi connectivity index (χ2n) is 2.56. The van der Waals surface area contributed by atoms with Gasteiger partial charge in [0.1, 0.15) is 0 Å². The minimum absolute atomic E-state index is 0.126. The number of alkyl halides is 2. The molecule has 1 rings (SSSR count). The minimum atomic E-state index is -2.75. The standard InChI is InChI=1S/C8H7F2NO2/c1-4-2-6(13)11-5(3-12)7(4)8(9)10/h2-3,8H,1H3,(H,11,13). The molecule has 1 heterocycles. The number of rotatable bonds is 2. The van der Waals surface area contributed by atoms with Crippen molar-refractivity contribution in [2.45, 2.75) is 13.3 Å². The third-order valence-electron chi connectivity index (χ3n) is 1.66. The minimum Gasteiger partial charge on any atom is -0.319 e. The first kappa shape index (κ1) is 9.57. The van der Waals surface area contributed by atoms with Crippen LogP contribution in [0.3, 0.4) is 0 Å². The topological polar surface area (TPSA) is 49.9 Å². The molecular formula is C8H7F2NO2. The molecule has 0 atom stereocenters. The highest BCUT2D eigenvalue weighted by Gasteiger charge is 2.16. The Morgan fingerprint density at radius 3 is 2.62 bits per heavy atom. The first-order chi connectivity index (χ1) is 6.06. The molecule has 0 unspecified atom stereocenters. The fourth-order valence-corrected chi connectivity index (χ4v) is 1.11. The van der Waals surface area contributed by atoms with E-state index in [1.165, 1.54) is 6.92 Å². The second-order valence-corrected chi connectivity index (χ2v) is 2.56. The SMILES string of the molecule is Cc1cc(=O)[nH]c(C=O)c1C(F)F. The largest absolute Gasteiger partial charge is 0.319 e. The number of nitrogens with one attached hydrogen (secondary N) is 1. The average molecular weight is 187 g/mol. The molecule has 13 heavy (non-hydrogen) atoms. The van der Waals surface area contributed by atoms with Crippen LogP contribution in [0.25, 0.3) is 0 Å². The Labute approximate surface area is 72.4 Å². The zero-order valence-corrected chi connectivity index (χ0v) is 6.80. The van der Waals surface area contributed by atoms with E-state index in [2.05, 4.69) is 0 Å². The summed E-state index contributed by atoms with van der Waals surface area (Å²) in [6, 6.07) is 1.04. The van der Waals surface area contributed by atoms with Gasteiger partial charge in [0.2, 0.25) is 5.56 Å². The van der Waals surface area contributed by atoms with Crippen LogP contribution in [0, 0.1) is 6.92 Å². The molecule has 1 aromatic heterocycles. The van der Waals surface area contributed by atoms with Crippen molar-refractivity contribution < 1.29 is 13.6 Å². The third kappa shape index (κ3) is 1.80. The molecule has 1 N–H and O–H groups in total. The van der Waals surface area contributed by atoms with Gasteiger partial charge in [-0.05, 0) is 12.5 Å². The van der Waals surface area contributed by atoms with E-state index in [0.29, 0.717) is 0 Å². The van der Waals surface area contributed by atoms with Gasteiger partial charge in [-0.2, -0.15) is 0 Å². The van der Waals surface area contributed by atoms with Crippen LogP contribution >= 0.6 is 0 Å². The number of aryl methyl sites for hydroxylation is 1. The normalized spacial score (nSPS) is 10.5. The Morgan fingerprint density at radius 2 is 2.15 bits per heavy atom. The van der Waals surface area contributed by atoms with E-state index in [1.54, 1.807) is 0 Å². The monoisotopic (exact) mass is 187 g/mol. The fourth-order valence-electron chi connectivity index (χ4n) is 1.11. The third-order valence-corrected chi connectivity index (χ3v) is 1.66. The summed E-state index contributed by atoms with van der Waals surface area (Å²) in [6.45, 7) is 1.36. The summed E-state index contributed by atoms with van der Waals surface area (Å²) in [4.78, 5) is 23.2. The van der Waals surface area contributed by atoms with Crippen molar-refractivity contribution in [1.82, 2.24) is 4.98 Å². The van der Waals surface area contributed by atoms with Crippen molar-refractivity contribution >= 4 is 6.29 Å². The van der Waals surface area contributed by atoms with Crippen molar-refractivity contribution in [3.63, 3.8) is 0 Å². The molecule has 0 fully saturated rings. The van der Waals surface area contributed by atoms with Gasteiger partial charge in [-0.1, -0.05) is 0 Å². The molecule has 5 heteroatoms. The lowest BCUT2D eigenvalue weighted by Crippen LogP contribution is -2.12. The highest BCUT2D eigenvalue weighted by Crippen LogP contribution is 2.22. The summed E-state index contributed by atoms with van der Waals surface area (Å²) in [5.74, 6) is 0. The number of pyridine rings is 1. The summed E-state index contributed by atoms with van der Waals surface area (Å²) < 4.78 is 24.7. The molecule has 0 saturated heterocycles. The van der Waals surface area contributed by atoms with Gasteiger partial charge >= 0.3 is 0 Å². The van der Waals surface area contributed by atoms with Crippen LogP contribution < -0.4 is 5.56 Å². The summed E-state index contributed by atoms with van der Waals surface area (Å²) in [7, 11) is 0. The van der Waals surface area contributed by atoms with Crippen molar-refractivity contribution in [3.05, 3.63) is 33.2 Å². The van der Waals surface area contributed by atoms with E-state index in [4.69, 9.17) is 0 Å². The number of aromatic amines is 1. The van der Waals surface area contributed by atoms with Gasteiger partial charge in [-0.25, -0.2) is 8.78 Å². The zero-order valence-electron chi connectivity index (χ0n) is 6.80. The smallest absolute Gasteiger partial charge is 0.266 e. The number of aldehydes is 1. The molecule has 70 valence electrons. The van der Waals surface area contributed by atoms with E-state index in [9.17, 15) is 18.4 Å². The molecular weight excluding hydrogens is 180 g/mol. The molecule has 0 spiro atoms. The van der Waals surface area contributed by atoms with Gasteiger partial charge < -0.3 is 4.98 Å². The Balaban J connectivity index is 3.47. The van der Waals surface area contributed by atoms with Gasteiger partial charge in [-0.3, -0.25) is 9.59 Å². The van der Waals surface area contributed by atoms with Crippen LogP contribution in [0.5, 0.6) is 0 Å². The molecule has 0 radical (unpaired) electrons. The van der Waals surface area contributed by atoms with Crippen LogP contribution in [0.15, 0.2) is 10.9 Å². The van der Waals surface area contributed by atoms with E-state index < -0.39 is 17.5 Å². The van der Waals surface area contributed by atoms with E-state index >= 15 is 0 Å². The van der Waals surface area contributed by atoms with Crippen molar-refractivity contribution in [1.29, 1.82) is 0 Å². The summed E-state index contributed by atoms with van der Waals surface area (Å²) in [5, 5.41) is 0. The Bertz CT molecular complexity index is 384. The van der Waals surface area contributed by atoms with Crippen LogP contribution in [-0.4, -0.2) is 11.3 Å².